The van der Waals surface area contributed by atoms with Gasteiger partial charge in [0.1, 0.15) is 0 Å². The number of rotatable bonds is 5. The maximum atomic E-state index is 10.2. The van der Waals surface area contributed by atoms with Gasteiger partial charge in [0.2, 0.25) is 0 Å². The van der Waals surface area contributed by atoms with Crippen molar-refractivity contribution in [3.63, 3.8) is 0 Å². The van der Waals surface area contributed by atoms with Crippen molar-refractivity contribution in [2.75, 3.05) is 13.2 Å². The van der Waals surface area contributed by atoms with E-state index in [0.29, 0.717) is 13.0 Å². The number of carboxylic acids is 1. The second kappa shape index (κ2) is 5.21. The van der Waals surface area contributed by atoms with Gasteiger partial charge >= 0.3 is 5.97 Å². The minimum Gasteiger partial charge on any atom is -0.504 e. The van der Waals surface area contributed by atoms with Crippen LogP contribution in [0.15, 0.2) is 18.2 Å². The zero-order valence-corrected chi connectivity index (χ0v) is 8.14. The first kappa shape index (κ1) is 11.3. The second-order valence-corrected chi connectivity index (χ2v) is 3.02. The lowest BCUT2D eigenvalue weighted by Crippen LogP contribution is -2.09. The Morgan fingerprint density at radius 3 is 2.73 bits per heavy atom. The average Bonchev–Trinajstić information content (AvgIpc) is 2.17. The SMILES string of the molecule is NCCc1ccc(OCC(=O)O)c(O)c1. The van der Waals surface area contributed by atoms with Gasteiger partial charge in [-0.2, -0.15) is 0 Å². The van der Waals surface area contributed by atoms with Crippen LogP contribution in [0.3, 0.4) is 0 Å². The molecule has 0 aliphatic heterocycles. The highest BCUT2D eigenvalue weighted by atomic mass is 16.5. The summed E-state index contributed by atoms with van der Waals surface area (Å²) < 4.78 is 4.85. The number of phenols is 1. The van der Waals surface area contributed by atoms with E-state index in [9.17, 15) is 9.90 Å². The summed E-state index contributed by atoms with van der Waals surface area (Å²) in [7, 11) is 0. The Balaban J connectivity index is 2.70. The normalized spacial score (nSPS) is 9.93. The minimum atomic E-state index is -1.08. The van der Waals surface area contributed by atoms with Crippen molar-refractivity contribution in [2.24, 2.45) is 5.73 Å². The molecule has 0 spiro atoms. The van der Waals surface area contributed by atoms with E-state index in [4.69, 9.17) is 15.6 Å². The van der Waals surface area contributed by atoms with Crippen LogP contribution >= 0.6 is 0 Å². The number of hydrogen-bond acceptors (Lipinski definition) is 4. The first-order valence-corrected chi connectivity index (χ1v) is 4.50. The Morgan fingerprint density at radius 2 is 2.20 bits per heavy atom. The molecule has 1 aromatic rings. The molecule has 82 valence electrons. The molecule has 15 heavy (non-hydrogen) atoms. The molecule has 0 aromatic heterocycles. The summed E-state index contributed by atoms with van der Waals surface area (Å²) >= 11 is 0. The number of carbonyl (C=O) groups is 1. The fourth-order valence-electron chi connectivity index (χ4n) is 1.15. The first-order chi connectivity index (χ1) is 7.13. The van der Waals surface area contributed by atoms with E-state index < -0.39 is 12.6 Å². The number of aromatic hydroxyl groups is 1. The van der Waals surface area contributed by atoms with E-state index >= 15 is 0 Å². The summed E-state index contributed by atoms with van der Waals surface area (Å²) in [6.07, 6.45) is 0.659. The van der Waals surface area contributed by atoms with Crippen LogP contribution in [0.1, 0.15) is 5.56 Å². The standard InChI is InChI=1S/C10H13NO4/c11-4-3-7-1-2-9(8(12)5-7)15-6-10(13)14/h1-2,5,12H,3-4,6,11H2,(H,13,14). The Bertz CT molecular complexity index is 351. The summed E-state index contributed by atoms with van der Waals surface area (Å²) in [4.78, 5) is 10.2. The van der Waals surface area contributed by atoms with Crippen molar-refractivity contribution < 1.29 is 19.7 Å². The molecule has 0 radical (unpaired) electrons. The Morgan fingerprint density at radius 1 is 1.47 bits per heavy atom. The lowest BCUT2D eigenvalue weighted by molar-refractivity contribution is -0.139. The highest BCUT2D eigenvalue weighted by Crippen LogP contribution is 2.26. The molecule has 1 rings (SSSR count). The van der Waals surface area contributed by atoms with Crippen LogP contribution in [-0.4, -0.2) is 29.3 Å². The number of carboxylic acid groups (broad SMARTS) is 1. The van der Waals surface area contributed by atoms with E-state index in [1.54, 1.807) is 6.07 Å². The Kier molecular flexibility index (Phi) is 3.93. The maximum absolute atomic E-state index is 10.2. The third-order valence-corrected chi connectivity index (χ3v) is 1.81. The highest BCUT2D eigenvalue weighted by Gasteiger charge is 2.05. The lowest BCUT2D eigenvalue weighted by atomic mass is 10.1. The number of nitrogens with two attached hydrogens (primary N) is 1. The predicted octanol–water partition coefficient (Wildman–Crippen LogP) is 0.357. The van der Waals surface area contributed by atoms with Gasteiger partial charge in [-0.25, -0.2) is 4.79 Å². The fourth-order valence-corrected chi connectivity index (χ4v) is 1.15. The van der Waals surface area contributed by atoms with E-state index in [2.05, 4.69) is 0 Å². The van der Waals surface area contributed by atoms with Crippen LogP contribution in [0.25, 0.3) is 0 Å². The minimum absolute atomic E-state index is 0.0674. The molecule has 0 fully saturated rings. The Labute approximate surface area is 87.1 Å². The second-order valence-electron chi connectivity index (χ2n) is 3.02. The lowest BCUT2D eigenvalue weighted by Gasteiger charge is -2.07. The van der Waals surface area contributed by atoms with Gasteiger partial charge in [-0.15, -0.1) is 0 Å². The molecule has 1 aromatic carbocycles. The van der Waals surface area contributed by atoms with E-state index in [-0.39, 0.29) is 11.5 Å². The summed E-state index contributed by atoms with van der Waals surface area (Å²) in [5.41, 5.74) is 6.24. The van der Waals surface area contributed by atoms with Gasteiger partial charge < -0.3 is 20.7 Å². The van der Waals surface area contributed by atoms with Crippen LogP contribution in [0, 0.1) is 0 Å². The van der Waals surface area contributed by atoms with Crippen LogP contribution in [-0.2, 0) is 11.2 Å². The molecule has 0 unspecified atom stereocenters. The van der Waals surface area contributed by atoms with Gasteiger partial charge in [-0.1, -0.05) is 6.07 Å². The van der Waals surface area contributed by atoms with Gasteiger partial charge in [-0.05, 0) is 30.7 Å². The van der Waals surface area contributed by atoms with Crippen LogP contribution in [0.4, 0.5) is 0 Å². The average molecular weight is 211 g/mol. The summed E-state index contributed by atoms with van der Waals surface area (Å²) in [6, 6.07) is 4.79. The molecule has 0 amide bonds. The predicted molar refractivity (Wildman–Crippen MR) is 54.0 cm³/mol. The third-order valence-electron chi connectivity index (χ3n) is 1.81. The van der Waals surface area contributed by atoms with Crippen molar-refractivity contribution in [1.82, 2.24) is 0 Å². The monoisotopic (exact) mass is 211 g/mol. The molecule has 4 N–H and O–H groups in total. The summed E-state index contributed by atoms with van der Waals surface area (Å²) in [5, 5.41) is 17.9. The first-order valence-electron chi connectivity index (χ1n) is 4.50. The van der Waals surface area contributed by atoms with E-state index in [1.165, 1.54) is 12.1 Å². The molecular formula is C10H13NO4. The molecule has 0 bridgehead atoms. The van der Waals surface area contributed by atoms with Crippen LogP contribution in [0.2, 0.25) is 0 Å². The molecule has 5 nitrogen and oxygen atoms in total. The largest absolute Gasteiger partial charge is 0.504 e. The number of benzene rings is 1. The zero-order chi connectivity index (χ0) is 11.3. The highest BCUT2D eigenvalue weighted by molar-refractivity contribution is 5.68. The number of aliphatic carboxylic acids is 1. The molecule has 0 heterocycles. The number of phenolic OH excluding ortho intramolecular Hbond substituents is 1. The van der Waals surface area contributed by atoms with Crippen molar-refractivity contribution in [3.8, 4) is 11.5 Å². The van der Waals surface area contributed by atoms with Gasteiger partial charge in [0.25, 0.3) is 0 Å². The van der Waals surface area contributed by atoms with Gasteiger partial charge in [-0.3, -0.25) is 0 Å². The van der Waals surface area contributed by atoms with Crippen molar-refractivity contribution in [3.05, 3.63) is 23.8 Å². The van der Waals surface area contributed by atoms with Gasteiger partial charge in [0, 0.05) is 0 Å². The van der Waals surface area contributed by atoms with Gasteiger partial charge in [0.05, 0.1) is 0 Å². The number of ether oxygens (including phenoxy) is 1. The molecular weight excluding hydrogens is 198 g/mol. The Hall–Kier alpha value is -1.75. The summed E-state index contributed by atoms with van der Waals surface area (Å²) in [6.45, 7) is 0.0264. The number of hydrogen-bond donors (Lipinski definition) is 3. The van der Waals surface area contributed by atoms with E-state index in [1.807, 2.05) is 0 Å². The third kappa shape index (κ3) is 3.47. The van der Waals surface area contributed by atoms with E-state index in [0.717, 1.165) is 5.56 Å². The maximum Gasteiger partial charge on any atom is 0.341 e. The molecule has 0 saturated heterocycles. The summed E-state index contributed by atoms with van der Waals surface area (Å²) in [5.74, 6) is -0.985. The van der Waals surface area contributed by atoms with Crippen molar-refractivity contribution in [1.29, 1.82) is 0 Å². The van der Waals surface area contributed by atoms with Crippen molar-refractivity contribution >= 4 is 5.97 Å². The smallest absolute Gasteiger partial charge is 0.341 e. The van der Waals surface area contributed by atoms with Crippen molar-refractivity contribution in [2.45, 2.75) is 6.42 Å². The molecule has 0 atom stereocenters. The fraction of sp³-hybridized carbons (Fsp3) is 0.300. The van der Waals surface area contributed by atoms with Gasteiger partial charge in [0.15, 0.2) is 18.1 Å². The zero-order valence-electron chi connectivity index (χ0n) is 8.14. The molecule has 0 aliphatic carbocycles. The molecule has 0 saturated carbocycles. The quantitative estimate of drug-likeness (QED) is 0.653. The van der Waals surface area contributed by atoms with Crippen LogP contribution in [0.5, 0.6) is 11.5 Å². The topological polar surface area (TPSA) is 92.8 Å². The molecule has 5 heteroatoms. The molecule has 0 aliphatic rings. The van der Waals surface area contributed by atoms with Crippen LogP contribution < -0.4 is 10.5 Å².